The van der Waals surface area contributed by atoms with Crippen molar-refractivity contribution in [3.8, 4) is 17.0 Å². The molecule has 0 saturated heterocycles. The summed E-state index contributed by atoms with van der Waals surface area (Å²) >= 11 is 0. The molecule has 0 aliphatic heterocycles. The monoisotopic (exact) mass is 475 g/mol. The van der Waals surface area contributed by atoms with Gasteiger partial charge >= 0.3 is 12.1 Å². The number of carbonyl (C=O) groups excluding carboxylic acids is 1. The Bertz CT molecular complexity index is 1190. The summed E-state index contributed by atoms with van der Waals surface area (Å²) in [7, 11) is 1.43. The van der Waals surface area contributed by atoms with Crippen molar-refractivity contribution >= 4 is 11.6 Å². The SMILES string of the molecule is COc1ccccc1-c1cc(C(F)(F)F)n2ncc(C(=O)OC3CC(C)CCC3C(C)C)c2n1. The molecular formula is C25H28F3N3O3. The Kier molecular flexibility index (Phi) is 6.55. The lowest BCUT2D eigenvalue weighted by molar-refractivity contribution is -0.142. The second-order valence-electron chi connectivity index (χ2n) is 9.29. The average Bonchev–Trinajstić information content (AvgIpc) is 3.21. The number of carbonyl (C=O) groups is 1. The summed E-state index contributed by atoms with van der Waals surface area (Å²) in [5.41, 5.74) is -0.935. The summed E-state index contributed by atoms with van der Waals surface area (Å²) in [6, 6.07) is 7.55. The Labute approximate surface area is 196 Å². The van der Waals surface area contributed by atoms with Gasteiger partial charge in [-0.1, -0.05) is 39.3 Å². The first-order valence-electron chi connectivity index (χ1n) is 11.4. The van der Waals surface area contributed by atoms with E-state index in [9.17, 15) is 18.0 Å². The second kappa shape index (κ2) is 9.27. The van der Waals surface area contributed by atoms with Gasteiger partial charge in [-0.2, -0.15) is 18.3 Å². The summed E-state index contributed by atoms with van der Waals surface area (Å²) < 4.78 is 53.6. The summed E-state index contributed by atoms with van der Waals surface area (Å²) in [5.74, 6) is 0.583. The van der Waals surface area contributed by atoms with Crippen LogP contribution in [0.2, 0.25) is 0 Å². The quantitative estimate of drug-likeness (QED) is 0.421. The van der Waals surface area contributed by atoms with Crippen LogP contribution in [0, 0.1) is 17.8 Å². The van der Waals surface area contributed by atoms with Crippen molar-refractivity contribution in [2.24, 2.45) is 17.8 Å². The summed E-state index contributed by atoms with van der Waals surface area (Å²) in [6.07, 6.45) is -1.19. The highest BCUT2D eigenvalue weighted by Crippen LogP contribution is 2.37. The summed E-state index contributed by atoms with van der Waals surface area (Å²) in [6.45, 7) is 6.30. The van der Waals surface area contributed by atoms with Gasteiger partial charge in [-0.3, -0.25) is 0 Å². The number of halogens is 3. The molecule has 3 atom stereocenters. The van der Waals surface area contributed by atoms with Gasteiger partial charge in [0, 0.05) is 5.56 Å². The van der Waals surface area contributed by atoms with Crippen LogP contribution in [0.15, 0.2) is 36.5 Å². The van der Waals surface area contributed by atoms with E-state index in [1.165, 1.54) is 7.11 Å². The minimum Gasteiger partial charge on any atom is -0.496 e. The third-order valence-electron chi connectivity index (χ3n) is 6.58. The molecular weight excluding hydrogens is 447 g/mol. The van der Waals surface area contributed by atoms with Crippen molar-refractivity contribution in [3.05, 3.63) is 47.8 Å². The number of aromatic nitrogens is 3. The Morgan fingerprint density at radius 1 is 1.21 bits per heavy atom. The van der Waals surface area contributed by atoms with Crippen molar-refractivity contribution in [3.63, 3.8) is 0 Å². The molecule has 3 aromatic rings. The average molecular weight is 476 g/mol. The van der Waals surface area contributed by atoms with Gasteiger partial charge in [0.05, 0.1) is 19.0 Å². The van der Waals surface area contributed by atoms with Crippen LogP contribution < -0.4 is 4.74 Å². The van der Waals surface area contributed by atoms with Gasteiger partial charge in [0.15, 0.2) is 11.3 Å². The third kappa shape index (κ3) is 4.60. The largest absolute Gasteiger partial charge is 0.496 e. The van der Waals surface area contributed by atoms with Gasteiger partial charge < -0.3 is 9.47 Å². The van der Waals surface area contributed by atoms with Crippen molar-refractivity contribution in [2.45, 2.75) is 52.3 Å². The molecule has 2 heterocycles. The molecule has 0 N–H and O–H groups in total. The Morgan fingerprint density at radius 3 is 2.62 bits per heavy atom. The molecule has 1 aromatic carbocycles. The second-order valence-corrected chi connectivity index (χ2v) is 9.29. The molecule has 0 spiro atoms. The first-order chi connectivity index (χ1) is 16.1. The van der Waals surface area contributed by atoms with E-state index in [2.05, 4.69) is 30.9 Å². The standard InChI is InChI=1S/C25H28F3N3O3/c1-14(2)16-10-9-15(3)11-21(16)34-24(32)18-13-29-31-22(25(26,27)28)12-19(30-23(18)31)17-7-5-6-8-20(17)33-4/h5-8,12-16,21H,9-11H2,1-4H3. The predicted octanol–water partition coefficient (Wildman–Crippen LogP) is 6.04. The molecule has 4 rings (SSSR count). The molecule has 3 unspecified atom stereocenters. The van der Waals surface area contributed by atoms with Crippen LogP contribution in [-0.2, 0) is 10.9 Å². The van der Waals surface area contributed by atoms with E-state index in [1.807, 2.05) is 0 Å². The van der Waals surface area contributed by atoms with E-state index in [1.54, 1.807) is 24.3 Å². The predicted molar refractivity (Wildman–Crippen MR) is 121 cm³/mol. The fourth-order valence-electron chi connectivity index (χ4n) is 4.75. The molecule has 2 aromatic heterocycles. The van der Waals surface area contributed by atoms with Crippen LogP contribution in [-0.4, -0.2) is 33.8 Å². The molecule has 1 aliphatic rings. The number of methoxy groups -OCH3 is 1. The van der Waals surface area contributed by atoms with Crippen LogP contribution >= 0.6 is 0 Å². The third-order valence-corrected chi connectivity index (χ3v) is 6.58. The highest BCUT2D eigenvalue weighted by atomic mass is 19.4. The van der Waals surface area contributed by atoms with Crippen molar-refractivity contribution in [2.75, 3.05) is 7.11 Å². The number of ether oxygens (including phenoxy) is 2. The molecule has 182 valence electrons. The van der Waals surface area contributed by atoms with Gasteiger partial charge in [-0.05, 0) is 48.8 Å². The maximum absolute atomic E-state index is 13.9. The first-order valence-corrected chi connectivity index (χ1v) is 11.4. The van der Waals surface area contributed by atoms with Gasteiger partial charge in [-0.15, -0.1) is 0 Å². The lowest BCUT2D eigenvalue weighted by atomic mass is 9.75. The Balaban J connectivity index is 1.79. The maximum atomic E-state index is 13.9. The zero-order chi connectivity index (χ0) is 24.6. The molecule has 0 bridgehead atoms. The molecule has 0 radical (unpaired) electrons. The van der Waals surface area contributed by atoms with E-state index < -0.39 is 17.8 Å². The normalized spacial score (nSPS) is 21.1. The minimum absolute atomic E-state index is 0.0261. The van der Waals surface area contributed by atoms with Crippen LogP contribution in [0.3, 0.4) is 0 Å². The number of hydrogen-bond donors (Lipinski definition) is 0. The van der Waals surface area contributed by atoms with E-state index in [-0.39, 0.29) is 28.9 Å². The first kappa shape index (κ1) is 24.0. The molecule has 6 nitrogen and oxygen atoms in total. The van der Waals surface area contributed by atoms with Gasteiger partial charge in [0.1, 0.15) is 17.4 Å². The van der Waals surface area contributed by atoms with Crippen LogP contribution in [0.4, 0.5) is 13.2 Å². The molecule has 0 amide bonds. The number of alkyl halides is 3. The molecule has 1 saturated carbocycles. The maximum Gasteiger partial charge on any atom is 0.433 e. The number of benzene rings is 1. The Hall–Kier alpha value is -3.10. The number of nitrogens with zero attached hydrogens (tertiary/aromatic N) is 3. The van der Waals surface area contributed by atoms with Crippen molar-refractivity contribution < 1.29 is 27.4 Å². The number of hydrogen-bond acceptors (Lipinski definition) is 5. The highest BCUT2D eigenvalue weighted by molar-refractivity contribution is 5.96. The number of rotatable bonds is 5. The van der Waals surface area contributed by atoms with Crippen LogP contribution in [0.25, 0.3) is 16.9 Å². The number of para-hydroxylation sites is 1. The van der Waals surface area contributed by atoms with E-state index in [0.29, 0.717) is 27.7 Å². The molecule has 34 heavy (non-hydrogen) atoms. The number of fused-ring (bicyclic) bond motifs is 1. The van der Waals surface area contributed by atoms with Crippen LogP contribution in [0.1, 0.15) is 56.1 Å². The van der Waals surface area contributed by atoms with Gasteiger partial charge in [-0.25, -0.2) is 14.3 Å². The fourth-order valence-corrected chi connectivity index (χ4v) is 4.75. The molecule has 1 fully saturated rings. The molecule has 1 aliphatic carbocycles. The Morgan fingerprint density at radius 2 is 1.94 bits per heavy atom. The van der Waals surface area contributed by atoms with Gasteiger partial charge in [0.2, 0.25) is 0 Å². The summed E-state index contributed by atoms with van der Waals surface area (Å²) in [4.78, 5) is 17.6. The van der Waals surface area contributed by atoms with E-state index >= 15 is 0 Å². The summed E-state index contributed by atoms with van der Waals surface area (Å²) in [5, 5.41) is 3.85. The minimum atomic E-state index is -4.72. The van der Waals surface area contributed by atoms with Gasteiger partial charge in [0.25, 0.3) is 0 Å². The van der Waals surface area contributed by atoms with E-state index in [0.717, 1.165) is 31.5 Å². The van der Waals surface area contributed by atoms with Crippen molar-refractivity contribution in [1.29, 1.82) is 0 Å². The van der Waals surface area contributed by atoms with Crippen molar-refractivity contribution in [1.82, 2.24) is 14.6 Å². The molecule has 9 heteroatoms. The zero-order valence-corrected chi connectivity index (χ0v) is 19.6. The van der Waals surface area contributed by atoms with Crippen LogP contribution in [0.5, 0.6) is 5.75 Å². The highest BCUT2D eigenvalue weighted by Gasteiger charge is 2.38. The lowest BCUT2D eigenvalue weighted by Crippen LogP contribution is -2.35. The zero-order valence-electron chi connectivity index (χ0n) is 19.6. The topological polar surface area (TPSA) is 65.7 Å². The lowest BCUT2D eigenvalue weighted by Gasteiger charge is -2.36. The number of esters is 1. The fraction of sp³-hybridized carbons (Fsp3) is 0.480. The smallest absolute Gasteiger partial charge is 0.433 e. The van der Waals surface area contributed by atoms with E-state index in [4.69, 9.17) is 9.47 Å².